The molecule has 0 aliphatic carbocycles. The summed E-state index contributed by atoms with van der Waals surface area (Å²) in [4.78, 5) is 33.2. The van der Waals surface area contributed by atoms with E-state index in [0.29, 0.717) is 56.5 Å². The average molecular weight is 752 g/mol. The number of nitrogens with zero attached hydrogens (tertiary/aromatic N) is 5. The fourth-order valence-corrected chi connectivity index (χ4v) is 9.12. The first-order valence-electron chi connectivity index (χ1n) is 19.5. The third kappa shape index (κ3) is 10.4. The van der Waals surface area contributed by atoms with E-state index in [4.69, 9.17) is 34.0 Å². The van der Waals surface area contributed by atoms with Crippen LogP contribution in [0.1, 0.15) is 115 Å². The molecule has 14 heteroatoms. The molecule has 2 saturated heterocycles. The molecule has 0 aromatic rings. The zero-order valence-corrected chi connectivity index (χ0v) is 34.9. The maximum atomic E-state index is 13.3. The van der Waals surface area contributed by atoms with E-state index in [9.17, 15) is 14.7 Å². The number of azide groups is 1. The van der Waals surface area contributed by atoms with E-state index in [1.54, 1.807) is 32.8 Å². The highest BCUT2D eigenvalue weighted by molar-refractivity contribution is 5.89. The summed E-state index contributed by atoms with van der Waals surface area (Å²) in [6.07, 6.45) is 1.38. The standard InChI is InChI=1S/C39H69N5O9/c1-15-30(45)39(11)32(44(36(47)53-39)19-17-16-18-41-42-40)24(3)20-23(2)22-38(10,48-14)33(27(6)31-28(7)34(46)52-37(8,9)51-31)50-35-26(5)29(43(12)13)21-25(4)49-35/h23-27,29-30,32-33,35,45H,15-22H2,1-14H3/t23?,24-,25?,26?,27?,29?,30+,32+,33+,35-,38+,39+/m0/s1. The number of aliphatic hydroxyl groups excluding tert-OH is 1. The largest absolute Gasteiger partial charge is 0.456 e. The minimum atomic E-state index is -1.15. The summed E-state index contributed by atoms with van der Waals surface area (Å²) in [5.41, 5.74) is 7.09. The van der Waals surface area contributed by atoms with Gasteiger partial charge in [0.25, 0.3) is 0 Å². The van der Waals surface area contributed by atoms with Gasteiger partial charge in [-0.15, -0.1) is 0 Å². The van der Waals surface area contributed by atoms with Crippen molar-refractivity contribution >= 4 is 12.1 Å². The second-order valence-corrected chi connectivity index (χ2v) is 17.0. The molecule has 0 bridgehead atoms. The molecule has 0 spiro atoms. The van der Waals surface area contributed by atoms with E-state index >= 15 is 0 Å². The summed E-state index contributed by atoms with van der Waals surface area (Å²) in [7, 11) is 5.84. The molecule has 0 saturated carbocycles. The van der Waals surface area contributed by atoms with E-state index in [2.05, 4.69) is 56.7 Å². The monoisotopic (exact) mass is 752 g/mol. The van der Waals surface area contributed by atoms with Gasteiger partial charge in [0, 0.05) is 56.8 Å². The number of unbranched alkanes of at least 4 members (excludes halogenated alkanes) is 1. The van der Waals surface area contributed by atoms with Crippen molar-refractivity contribution in [1.29, 1.82) is 0 Å². The van der Waals surface area contributed by atoms with Gasteiger partial charge in [-0.05, 0) is 97.7 Å². The average Bonchev–Trinajstić information content (AvgIpc) is 3.34. The molecule has 0 aromatic heterocycles. The highest BCUT2D eigenvalue weighted by Crippen LogP contribution is 2.44. The van der Waals surface area contributed by atoms with Gasteiger partial charge in [-0.25, -0.2) is 9.59 Å². The van der Waals surface area contributed by atoms with Gasteiger partial charge in [-0.1, -0.05) is 39.7 Å². The normalized spacial score (nSPS) is 31.5. The second kappa shape index (κ2) is 18.3. The minimum absolute atomic E-state index is 0.0277. The summed E-state index contributed by atoms with van der Waals surface area (Å²) in [5.74, 6) is -1.47. The molecule has 0 radical (unpaired) electrons. The highest BCUT2D eigenvalue weighted by Gasteiger charge is 2.56. The molecule has 0 aromatic carbocycles. The van der Waals surface area contributed by atoms with Gasteiger partial charge in [-0.2, -0.15) is 0 Å². The summed E-state index contributed by atoms with van der Waals surface area (Å²) in [6.45, 7) is 22.2. The Balaban J connectivity index is 1.97. The highest BCUT2D eigenvalue weighted by atomic mass is 16.7. The van der Waals surface area contributed by atoms with Crippen molar-refractivity contribution in [2.75, 3.05) is 34.3 Å². The van der Waals surface area contributed by atoms with Gasteiger partial charge < -0.3 is 43.3 Å². The molecule has 1 amide bonds. The number of aliphatic hydroxyl groups is 1. The third-order valence-electron chi connectivity index (χ3n) is 11.8. The van der Waals surface area contributed by atoms with Crippen molar-refractivity contribution in [3.8, 4) is 0 Å². The van der Waals surface area contributed by atoms with E-state index in [1.807, 2.05) is 27.7 Å². The number of ether oxygens (including phenoxy) is 6. The van der Waals surface area contributed by atoms with Crippen LogP contribution in [0.15, 0.2) is 16.4 Å². The van der Waals surface area contributed by atoms with Gasteiger partial charge in [-0.3, -0.25) is 0 Å². The van der Waals surface area contributed by atoms with Crippen LogP contribution in [0.25, 0.3) is 10.4 Å². The van der Waals surface area contributed by atoms with Crippen LogP contribution in [-0.2, 0) is 33.2 Å². The third-order valence-corrected chi connectivity index (χ3v) is 11.8. The Morgan fingerprint density at radius 1 is 1.13 bits per heavy atom. The number of hydrogen-bond acceptors (Lipinski definition) is 11. The number of rotatable bonds is 19. The first-order chi connectivity index (χ1) is 24.7. The lowest BCUT2D eigenvalue weighted by molar-refractivity contribution is -0.285. The zero-order chi connectivity index (χ0) is 40.1. The quantitative estimate of drug-likeness (QED) is 0.0470. The molecule has 3 aliphatic heterocycles. The van der Waals surface area contributed by atoms with E-state index in [-0.39, 0.29) is 35.9 Å². The van der Waals surface area contributed by atoms with Crippen molar-refractivity contribution in [3.05, 3.63) is 21.8 Å². The van der Waals surface area contributed by atoms with E-state index in [1.165, 1.54) is 0 Å². The molecular formula is C39H69N5O9. The Labute approximate surface area is 317 Å². The Kier molecular flexibility index (Phi) is 15.5. The Bertz CT molecular complexity index is 1340. The van der Waals surface area contributed by atoms with Crippen molar-refractivity contribution in [1.82, 2.24) is 9.80 Å². The molecular weight excluding hydrogens is 682 g/mol. The predicted molar refractivity (Wildman–Crippen MR) is 201 cm³/mol. The lowest BCUT2D eigenvalue weighted by Crippen LogP contribution is -2.56. The molecule has 53 heavy (non-hydrogen) atoms. The predicted octanol–water partition coefficient (Wildman–Crippen LogP) is 7.19. The molecule has 304 valence electrons. The molecule has 1 N–H and O–H groups in total. The number of cyclic esters (lactones) is 2. The molecule has 5 unspecified atom stereocenters. The van der Waals surface area contributed by atoms with Gasteiger partial charge in [0.05, 0.1) is 35.5 Å². The van der Waals surface area contributed by atoms with Crippen LogP contribution in [0, 0.1) is 23.7 Å². The van der Waals surface area contributed by atoms with Gasteiger partial charge >= 0.3 is 12.1 Å². The lowest BCUT2D eigenvalue weighted by Gasteiger charge is -2.48. The Morgan fingerprint density at radius 2 is 1.79 bits per heavy atom. The molecule has 2 fully saturated rings. The van der Waals surface area contributed by atoms with Gasteiger partial charge in [0.1, 0.15) is 5.76 Å². The Hall–Kier alpha value is -2.61. The maximum absolute atomic E-state index is 13.3. The SMILES string of the molecule is CC[C@@H](O)[C@@]1(C)OC(=O)N(CCCCN=[N+]=[N-])[C@@H]1[C@@H](C)CC(C)C[C@@](C)(OC)[C@H](O[C@@H]1OC(C)CC(N(C)C)C1C)C(C)C1=C(C)C(=O)OC(C)(C)O1. The smallest absolute Gasteiger partial charge is 0.410 e. The van der Waals surface area contributed by atoms with Crippen molar-refractivity contribution in [2.45, 2.75) is 168 Å². The fraction of sp³-hybridized carbons (Fsp3) is 0.897. The van der Waals surface area contributed by atoms with Crippen LogP contribution in [0.3, 0.4) is 0 Å². The minimum Gasteiger partial charge on any atom is -0.456 e. The first kappa shape index (κ1) is 44.8. The van der Waals surface area contributed by atoms with Crippen LogP contribution in [0.4, 0.5) is 4.79 Å². The summed E-state index contributed by atoms with van der Waals surface area (Å²) >= 11 is 0. The summed E-state index contributed by atoms with van der Waals surface area (Å²) in [6, 6.07) is -0.149. The van der Waals surface area contributed by atoms with Crippen LogP contribution in [-0.4, -0.2) is 115 Å². The van der Waals surface area contributed by atoms with E-state index in [0.717, 1.165) is 6.42 Å². The van der Waals surface area contributed by atoms with Crippen molar-refractivity contribution in [2.24, 2.45) is 28.8 Å². The number of carbonyl (C=O) groups is 2. The summed E-state index contributed by atoms with van der Waals surface area (Å²) < 4.78 is 37.9. The summed E-state index contributed by atoms with van der Waals surface area (Å²) in [5, 5.41) is 14.8. The number of hydrogen-bond donors (Lipinski definition) is 1. The molecule has 12 atom stereocenters. The maximum Gasteiger partial charge on any atom is 0.410 e. The zero-order valence-electron chi connectivity index (χ0n) is 34.9. The fourth-order valence-electron chi connectivity index (χ4n) is 9.12. The number of methoxy groups -OCH3 is 1. The molecule has 3 aliphatic rings. The number of amides is 1. The van der Waals surface area contributed by atoms with Crippen molar-refractivity contribution < 1.29 is 43.1 Å². The van der Waals surface area contributed by atoms with Crippen LogP contribution < -0.4 is 0 Å². The van der Waals surface area contributed by atoms with Gasteiger partial charge in [0.2, 0.25) is 5.79 Å². The van der Waals surface area contributed by atoms with Crippen LogP contribution >= 0.6 is 0 Å². The van der Waals surface area contributed by atoms with Crippen LogP contribution in [0.2, 0.25) is 0 Å². The Morgan fingerprint density at radius 3 is 2.38 bits per heavy atom. The van der Waals surface area contributed by atoms with E-state index < -0.39 is 53.5 Å². The topological polar surface area (TPSA) is 165 Å². The van der Waals surface area contributed by atoms with Gasteiger partial charge in [0.15, 0.2) is 11.9 Å². The lowest BCUT2D eigenvalue weighted by atomic mass is 9.75. The second-order valence-electron chi connectivity index (χ2n) is 17.0. The first-order valence-corrected chi connectivity index (χ1v) is 19.5. The van der Waals surface area contributed by atoms with Crippen molar-refractivity contribution in [3.63, 3.8) is 0 Å². The molecule has 3 heterocycles. The number of esters is 1. The molecule has 14 nitrogen and oxygen atoms in total. The number of carbonyl (C=O) groups excluding carboxylic acids is 2. The molecule has 3 rings (SSSR count). The van der Waals surface area contributed by atoms with Crippen LogP contribution in [0.5, 0.6) is 0 Å².